The van der Waals surface area contributed by atoms with Crippen LogP contribution < -0.4 is 0 Å². The third-order valence-electron chi connectivity index (χ3n) is 4.99. The van der Waals surface area contributed by atoms with Crippen LogP contribution in [0.25, 0.3) is 6.08 Å². The van der Waals surface area contributed by atoms with Crippen LogP contribution in [0.15, 0.2) is 79.3 Å². The fourth-order valence-corrected chi connectivity index (χ4v) is 3.94. The van der Waals surface area contributed by atoms with E-state index in [4.69, 9.17) is 4.74 Å². The number of amides is 1. The molecule has 0 aliphatic carbocycles. The molecule has 0 aliphatic rings. The van der Waals surface area contributed by atoms with Gasteiger partial charge in [-0.3, -0.25) is 10.0 Å². The van der Waals surface area contributed by atoms with Crippen LogP contribution in [0.4, 0.5) is 0 Å². The lowest BCUT2D eigenvalue weighted by molar-refractivity contribution is -0.166. The van der Waals surface area contributed by atoms with Gasteiger partial charge in [-0.05, 0) is 23.2 Å². The first-order chi connectivity index (χ1) is 15.3. The zero-order valence-corrected chi connectivity index (χ0v) is 19.9. The van der Waals surface area contributed by atoms with Gasteiger partial charge < -0.3 is 9.30 Å². The highest BCUT2D eigenvalue weighted by Crippen LogP contribution is 2.27. The van der Waals surface area contributed by atoms with E-state index in [0.29, 0.717) is 12.4 Å². The molecule has 3 aromatic rings. The molecule has 7 heteroatoms. The molecule has 1 aromatic heterocycles. The Bertz CT molecular complexity index is 974. The van der Waals surface area contributed by atoms with E-state index in [0.717, 1.165) is 28.8 Å². The standard InChI is InChI=1S/C25H31N3O3Si/c1-32(2,3)17-16-31-20-27-18-23(26-19-27)14-15-24(29)28(30)25(21-10-6-4-7-11-21)22-12-8-5-9-13-22/h4-15,18-19,25,30H,16-17,20H2,1-3H3/b15-14+. The third kappa shape index (κ3) is 7.02. The Morgan fingerprint density at radius 1 is 1.09 bits per heavy atom. The molecule has 2 aromatic carbocycles. The summed E-state index contributed by atoms with van der Waals surface area (Å²) in [6.45, 7) is 8.11. The van der Waals surface area contributed by atoms with Crippen molar-refractivity contribution in [3.63, 3.8) is 0 Å². The summed E-state index contributed by atoms with van der Waals surface area (Å²) in [5, 5.41) is 11.5. The molecule has 1 N–H and O–H groups in total. The SMILES string of the molecule is C[Si](C)(C)CCOCn1cnc(/C=C/C(=O)N(O)C(c2ccccc2)c2ccccc2)c1. The van der Waals surface area contributed by atoms with Gasteiger partial charge in [0, 0.05) is 27.0 Å². The zero-order valence-electron chi connectivity index (χ0n) is 18.9. The van der Waals surface area contributed by atoms with Crippen molar-refractivity contribution in [3.05, 3.63) is 96.1 Å². The lowest BCUT2D eigenvalue weighted by atomic mass is 9.98. The number of carbonyl (C=O) groups is 1. The molecule has 0 radical (unpaired) electrons. The highest BCUT2D eigenvalue weighted by atomic mass is 28.3. The summed E-state index contributed by atoms with van der Waals surface area (Å²) < 4.78 is 7.56. The number of aromatic nitrogens is 2. The molecule has 0 bridgehead atoms. The van der Waals surface area contributed by atoms with E-state index in [1.807, 2.05) is 71.4 Å². The van der Waals surface area contributed by atoms with Crippen LogP contribution in [-0.2, 0) is 16.3 Å². The minimum Gasteiger partial charge on any atom is -0.361 e. The van der Waals surface area contributed by atoms with Crippen LogP contribution in [0.1, 0.15) is 22.9 Å². The Morgan fingerprint density at radius 3 is 2.25 bits per heavy atom. The number of ether oxygens (including phenoxy) is 1. The van der Waals surface area contributed by atoms with Gasteiger partial charge in [-0.25, -0.2) is 10.0 Å². The number of hydroxylamine groups is 2. The van der Waals surface area contributed by atoms with Crippen molar-refractivity contribution >= 4 is 20.1 Å². The molecule has 0 spiro atoms. The number of benzene rings is 2. The van der Waals surface area contributed by atoms with E-state index in [1.54, 1.807) is 12.4 Å². The van der Waals surface area contributed by atoms with Crippen molar-refractivity contribution < 1.29 is 14.7 Å². The van der Waals surface area contributed by atoms with Crippen LogP contribution in [0.3, 0.4) is 0 Å². The van der Waals surface area contributed by atoms with Gasteiger partial charge in [0.05, 0.1) is 12.0 Å². The average Bonchev–Trinajstić information content (AvgIpc) is 3.24. The van der Waals surface area contributed by atoms with Crippen molar-refractivity contribution in [2.24, 2.45) is 0 Å². The molecule has 168 valence electrons. The second-order valence-corrected chi connectivity index (χ2v) is 14.5. The number of hydrogen-bond donors (Lipinski definition) is 1. The molecule has 0 aliphatic heterocycles. The van der Waals surface area contributed by atoms with Gasteiger partial charge in [0.2, 0.25) is 0 Å². The first kappa shape index (κ1) is 23.7. The molecule has 1 heterocycles. The van der Waals surface area contributed by atoms with Crippen molar-refractivity contribution in [1.82, 2.24) is 14.6 Å². The van der Waals surface area contributed by atoms with Gasteiger partial charge in [0.1, 0.15) is 12.8 Å². The number of carbonyl (C=O) groups excluding carboxylic acids is 1. The highest BCUT2D eigenvalue weighted by molar-refractivity contribution is 6.76. The summed E-state index contributed by atoms with van der Waals surface area (Å²) in [7, 11) is -1.11. The third-order valence-corrected chi connectivity index (χ3v) is 6.69. The fraction of sp³-hybridized carbons (Fsp3) is 0.280. The number of rotatable bonds is 10. The van der Waals surface area contributed by atoms with E-state index in [9.17, 15) is 10.0 Å². The number of imidazole rings is 1. The molecule has 0 saturated heterocycles. The number of nitrogens with zero attached hydrogens (tertiary/aromatic N) is 3. The maximum atomic E-state index is 12.7. The molecule has 0 atom stereocenters. The van der Waals surface area contributed by atoms with Gasteiger partial charge in [-0.2, -0.15) is 0 Å². The van der Waals surface area contributed by atoms with Crippen LogP contribution >= 0.6 is 0 Å². The normalized spacial score (nSPS) is 11.9. The van der Waals surface area contributed by atoms with E-state index in [2.05, 4.69) is 24.6 Å². The molecule has 3 rings (SSSR count). The molecule has 1 amide bonds. The van der Waals surface area contributed by atoms with E-state index in [-0.39, 0.29) is 0 Å². The summed E-state index contributed by atoms with van der Waals surface area (Å²) in [6.07, 6.45) is 6.41. The van der Waals surface area contributed by atoms with E-state index >= 15 is 0 Å². The predicted molar refractivity (Wildman–Crippen MR) is 129 cm³/mol. The highest BCUT2D eigenvalue weighted by Gasteiger charge is 2.24. The summed E-state index contributed by atoms with van der Waals surface area (Å²) >= 11 is 0. The lowest BCUT2D eigenvalue weighted by Crippen LogP contribution is -2.31. The van der Waals surface area contributed by atoms with Gasteiger partial charge in [0.25, 0.3) is 5.91 Å². The topological polar surface area (TPSA) is 67.6 Å². The fourth-order valence-electron chi connectivity index (χ4n) is 3.19. The number of hydrogen-bond acceptors (Lipinski definition) is 4. The van der Waals surface area contributed by atoms with Crippen LogP contribution in [0.5, 0.6) is 0 Å². The molecule has 32 heavy (non-hydrogen) atoms. The second-order valence-electron chi connectivity index (χ2n) is 8.90. The Kier molecular flexibility index (Phi) is 8.16. The first-order valence-corrected chi connectivity index (χ1v) is 14.4. The first-order valence-electron chi connectivity index (χ1n) is 10.7. The van der Waals surface area contributed by atoms with Crippen molar-refractivity contribution in [2.45, 2.75) is 38.5 Å². The molecule has 6 nitrogen and oxygen atoms in total. The molecular weight excluding hydrogens is 418 g/mol. The largest absolute Gasteiger partial charge is 0.361 e. The van der Waals surface area contributed by atoms with Gasteiger partial charge in [-0.15, -0.1) is 0 Å². The van der Waals surface area contributed by atoms with E-state index in [1.165, 1.54) is 6.08 Å². The zero-order chi connectivity index (χ0) is 23.0. The average molecular weight is 450 g/mol. The van der Waals surface area contributed by atoms with Gasteiger partial charge >= 0.3 is 0 Å². The van der Waals surface area contributed by atoms with Crippen LogP contribution in [0, 0.1) is 0 Å². The smallest absolute Gasteiger partial charge is 0.270 e. The Balaban J connectivity index is 1.64. The quantitative estimate of drug-likeness (QED) is 0.152. The Hall–Kier alpha value is -3.00. The summed E-state index contributed by atoms with van der Waals surface area (Å²) in [5.41, 5.74) is 2.27. The van der Waals surface area contributed by atoms with Crippen molar-refractivity contribution in [2.75, 3.05) is 6.61 Å². The second kappa shape index (κ2) is 11.0. The summed E-state index contributed by atoms with van der Waals surface area (Å²) in [6, 6.07) is 19.4. The molecule has 0 unspecified atom stereocenters. The van der Waals surface area contributed by atoms with E-state index < -0.39 is 20.0 Å². The van der Waals surface area contributed by atoms with Crippen LogP contribution in [0.2, 0.25) is 25.7 Å². The van der Waals surface area contributed by atoms with Crippen molar-refractivity contribution in [3.8, 4) is 0 Å². The van der Waals surface area contributed by atoms with Crippen molar-refractivity contribution in [1.29, 1.82) is 0 Å². The minimum absolute atomic E-state index is 0.426. The minimum atomic E-state index is -1.11. The molecule has 0 fully saturated rings. The predicted octanol–water partition coefficient (Wildman–Crippen LogP) is 5.22. The monoisotopic (exact) mass is 449 g/mol. The Labute approximate surface area is 190 Å². The Morgan fingerprint density at radius 2 is 1.69 bits per heavy atom. The van der Waals surface area contributed by atoms with Crippen LogP contribution in [-0.4, -0.2) is 40.4 Å². The molecular formula is C25H31N3O3Si. The van der Waals surface area contributed by atoms with Gasteiger partial charge in [-0.1, -0.05) is 80.3 Å². The summed E-state index contributed by atoms with van der Waals surface area (Å²) in [4.78, 5) is 17.0. The molecule has 0 saturated carbocycles. The maximum Gasteiger partial charge on any atom is 0.270 e. The summed E-state index contributed by atoms with van der Waals surface area (Å²) in [5.74, 6) is -0.524. The lowest BCUT2D eigenvalue weighted by Gasteiger charge is -2.26. The van der Waals surface area contributed by atoms with Gasteiger partial charge in [0.15, 0.2) is 0 Å². The maximum absolute atomic E-state index is 12.7.